The van der Waals surface area contributed by atoms with Crippen molar-refractivity contribution in [1.29, 1.82) is 0 Å². The standard InChI is InChI=1S/C10H13BrN4/c1-12-5-2-3-9-13-10-7-8(11)4-6-15(10)14-9/h4,6-7,12H,2-3,5H2,1H3. The summed E-state index contributed by atoms with van der Waals surface area (Å²) < 4.78 is 2.84. The third-order valence-electron chi connectivity index (χ3n) is 2.17. The zero-order valence-electron chi connectivity index (χ0n) is 8.57. The quantitative estimate of drug-likeness (QED) is 0.858. The molecule has 2 rings (SSSR count). The average molecular weight is 269 g/mol. The van der Waals surface area contributed by atoms with Crippen LogP contribution in [-0.2, 0) is 6.42 Å². The lowest BCUT2D eigenvalue weighted by Crippen LogP contribution is -2.08. The third-order valence-corrected chi connectivity index (χ3v) is 2.66. The molecule has 2 aromatic heterocycles. The summed E-state index contributed by atoms with van der Waals surface area (Å²) in [5.74, 6) is 0.906. The summed E-state index contributed by atoms with van der Waals surface area (Å²) in [5.41, 5.74) is 0.892. The van der Waals surface area contributed by atoms with Gasteiger partial charge in [0, 0.05) is 17.1 Å². The van der Waals surface area contributed by atoms with Gasteiger partial charge in [-0.3, -0.25) is 0 Å². The van der Waals surface area contributed by atoms with Crippen LogP contribution in [0.5, 0.6) is 0 Å². The van der Waals surface area contributed by atoms with Gasteiger partial charge < -0.3 is 5.32 Å². The van der Waals surface area contributed by atoms with E-state index in [9.17, 15) is 0 Å². The van der Waals surface area contributed by atoms with E-state index in [1.165, 1.54) is 0 Å². The zero-order valence-corrected chi connectivity index (χ0v) is 10.2. The minimum atomic E-state index is 0.892. The van der Waals surface area contributed by atoms with E-state index in [-0.39, 0.29) is 0 Å². The Kier molecular flexibility index (Phi) is 3.33. The van der Waals surface area contributed by atoms with Gasteiger partial charge in [0.2, 0.25) is 0 Å². The van der Waals surface area contributed by atoms with Crippen molar-refractivity contribution in [3.8, 4) is 0 Å². The second-order valence-electron chi connectivity index (χ2n) is 3.38. The predicted molar refractivity (Wildman–Crippen MR) is 62.9 cm³/mol. The number of hydrogen-bond acceptors (Lipinski definition) is 3. The summed E-state index contributed by atoms with van der Waals surface area (Å²) in [7, 11) is 1.95. The Labute approximate surface area is 96.8 Å². The minimum absolute atomic E-state index is 0.892. The fraction of sp³-hybridized carbons (Fsp3) is 0.400. The van der Waals surface area contributed by atoms with Crippen molar-refractivity contribution in [3.63, 3.8) is 0 Å². The number of nitrogens with one attached hydrogen (secondary N) is 1. The van der Waals surface area contributed by atoms with E-state index < -0.39 is 0 Å². The number of halogens is 1. The highest BCUT2D eigenvalue weighted by atomic mass is 79.9. The lowest BCUT2D eigenvalue weighted by Gasteiger charge is -1.93. The van der Waals surface area contributed by atoms with E-state index >= 15 is 0 Å². The van der Waals surface area contributed by atoms with Gasteiger partial charge in [-0.05, 0) is 32.1 Å². The fourth-order valence-electron chi connectivity index (χ4n) is 1.43. The average Bonchev–Trinajstić information content (AvgIpc) is 2.60. The van der Waals surface area contributed by atoms with Gasteiger partial charge in [-0.25, -0.2) is 9.50 Å². The molecule has 0 fully saturated rings. The van der Waals surface area contributed by atoms with E-state index in [0.717, 1.165) is 35.3 Å². The highest BCUT2D eigenvalue weighted by molar-refractivity contribution is 9.10. The molecule has 0 amide bonds. The fourth-order valence-corrected chi connectivity index (χ4v) is 1.75. The number of aryl methyl sites for hydroxylation is 1. The molecule has 5 heteroatoms. The molecule has 0 saturated carbocycles. The molecule has 0 saturated heterocycles. The monoisotopic (exact) mass is 268 g/mol. The number of nitrogens with zero attached hydrogens (tertiary/aromatic N) is 3. The van der Waals surface area contributed by atoms with E-state index in [2.05, 4.69) is 31.3 Å². The van der Waals surface area contributed by atoms with Crippen molar-refractivity contribution in [1.82, 2.24) is 19.9 Å². The van der Waals surface area contributed by atoms with Gasteiger partial charge in [0.1, 0.15) is 0 Å². The van der Waals surface area contributed by atoms with Gasteiger partial charge in [-0.2, -0.15) is 5.10 Å². The summed E-state index contributed by atoms with van der Waals surface area (Å²) >= 11 is 3.41. The van der Waals surface area contributed by atoms with Crippen LogP contribution < -0.4 is 5.32 Å². The first kappa shape index (κ1) is 10.6. The minimum Gasteiger partial charge on any atom is -0.320 e. The molecule has 15 heavy (non-hydrogen) atoms. The molecular weight excluding hydrogens is 256 g/mol. The second kappa shape index (κ2) is 4.72. The topological polar surface area (TPSA) is 42.2 Å². The molecule has 2 heterocycles. The number of fused-ring (bicyclic) bond motifs is 1. The summed E-state index contributed by atoms with van der Waals surface area (Å²) in [5, 5.41) is 7.49. The summed E-state index contributed by atoms with van der Waals surface area (Å²) in [4.78, 5) is 4.44. The van der Waals surface area contributed by atoms with Crippen LogP contribution in [0.3, 0.4) is 0 Å². The van der Waals surface area contributed by atoms with Crippen molar-refractivity contribution in [2.75, 3.05) is 13.6 Å². The van der Waals surface area contributed by atoms with E-state index in [1.54, 1.807) is 4.52 Å². The summed E-state index contributed by atoms with van der Waals surface area (Å²) in [6, 6.07) is 3.92. The van der Waals surface area contributed by atoms with Crippen LogP contribution >= 0.6 is 15.9 Å². The van der Waals surface area contributed by atoms with Gasteiger partial charge in [-0.1, -0.05) is 15.9 Å². The van der Waals surface area contributed by atoms with E-state index in [1.807, 2.05) is 25.4 Å². The first-order valence-corrected chi connectivity index (χ1v) is 5.74. The molecule has 0 atom stereocenters. The summed E-state index contributed by atoms with van der Waals surface area (Å²) in [6.07, 6.45) is 3.89. The molecule has 0 radical (unpaired) electrons. The molecule has 1 N–H and O–H groups in total. The maximum Gasteiger partial charge on any atom is 0.156 e. The lowest BCUT2D eigenvalue weighted by molar-refractivity contribution is 0.701. The van der Waals surface area contributed by atoms with Crippen molar-refractivity contribution in [3.05, 3.63) is 28.6 Å². The first-order valence-electron chi connectivity index (χ1n) is 4.95. The van der Waals surface area contributed by atoms with Crippen molar-refractivity contribution >= 4 is 21.6 Å². The highest BCUT2D eigenvalue weighted by Gasteiger charge is 2.02. The third kappa shape index (κ3) is 2.54. The van der Waals surface area contributed by atoms with Crippen LogP contribution in [0.4, 0.5) is 0 Å². The number of aromatic nitrogens is 3. The Hall–Kier alpha value is -0.940. The predicted octanol–water partition coefficient (Wildman–Crippen LogP) is 1.64. The van der Waals surface area contributed by atoms with E-state index in [4.69, 9.17) is 0 Å². The second-order valence-corrected chi connectivity index (χ2v) is 4.30. The lowest BCUT2D eigenvalue weighted by atomic mass is 10.3. The van der Waals surface area contributed by atoms with Crippen molar-refractivity contribution < 1.29 is 0 Å². The van der Waals surface area contributed by atoms with Gasteiger partial charge in [0.25, 0.3) is 0 Å². The van der Waals surface area contributed by atoms with E-state index in [0.29, 0.717) is 0 Å². The van der Waals surface area contributed by atoms with Gasteiger partial charge in [0.15, 0.2) is 11.5 Å². The van der Waals surface area contributed by atoms with Gasteiger partial charge in [0.05, 0.1) is 0 Å². The molecule has 0 aliphatic rings. The van der Waals surface area contributed by atoms with Crippen molar-refractivity contribution in [2.24, 2.45) is 0 Å². The van der Waals surface area contributed by atoms with Crippen LogP contribution in [0.15, 0.2) is 22.8 Å². The van der Waals surface area contributed by atoms with Crippen LogP contribution in [0.25, 0.3) is 5.65 Å². The molecule has 0 bridgehead atoms. The largest absolute Gasteiger partial charge is 0.320 e. The number of pyridine rings is 1. The Morgan fingerprint density at radius 2 is 2.40 bits per heavy atom. The Morgan fingerprint density at radius 1 is 1.53 bits per heavy atom. The van der Waals surface area contributed by atoms with Crippen LogP contribution in [0.1, 0.15) is 12.2 Å². The first-order chi connectivity index (χ1) is 7.29. The number of hydrogen-bond donors (Lipinski definition) is 1. The van der Waals surface area contributed by atoms with Crippen LogP contribution in [0, 0.1) is 0 Å². The molecule has 0 unspecified atom stereocenters. The zero-order chi connectivity index (χ0) is 10.7. The molecule has 0 aliphatic carbocycles. The maximum absolute atomic E-state index is 4.44. The molecule has 0 spiro atoms. The smallest absolute Gasteiger partial charge is 0.156 e. The summed E-state index contributed by atoms with van der Waals surface area (Å²) in [6.45, 7) is 0.999. The Balaban J connectivity index is 2.16. The van der Waals surface area contributed by atoms with Gasteiger partial charge >= 0.3 is 0 Å². The molecule has 0 aliphatic heterocycles. The SMILES string of the molecule is CNCCCc1nc2cc(Br)ccn2n1. The molecular formula is C10H13BrN4. The van der Waals surface area contributed by atoms with Crippen molar-refractivity contribution in [2.45, 2.75) is 12.8 Å². The normalized spacial score (nSPS) is 11.1. The van der Waals surface area contributed by atoms with Crippen LogP contribution in [-0.4, -0.2) is 28.2 Å². The van der Waals surface area contributed by atoms with Crippen LogP contribution in [0.2, 0.25) is 0 Å². The molecule has 2 aromatic rings. The molecule has 0 aromatic carbocycles. The Bertz CT molecular complexity index is 452. The number of rotatable bonds is 4. The Morgan fingerprint density at radius 3 is 3.20 bits per heavy atom. The molecule has 4 nitrogen and oxygen atoms in total. The molecule has 80 valence electrons. The highest BCUT2D eigenvalue weighted by Crippen LogP contribution is 2.11. The van der Waals surface area contributed by atoms with Gasteiger partial charge in [-0.15, -0.1) is 0 Å². The maximum atomic E-state index is 4.44.